The number of nitrogens with zero attached hydrogens (tertiary/aromatic N) is 3. The number of amides is 2. The smallest absolute Gasteiger partial charge is 0.265 e. The number of aromatic nitrogens is 1. The van der Waals surface area contributed by atoms with Crippen LogP contribution in [0.1, 0.15) is 34.6 Å². The Balaban J connectivity index is 1.68. The molecule has 2 saturated heterocycles. The van der Waals surface area contributed by atoms with Gasteiger partial charge in [-0.3, -0.25) is 9.59 Å². The largest absolute Gasteiger partial charge is 0.338 e. The molecule has 0 bridgehead atoms. The first-order valence-electron chi connectivity index (χ1n) is 8.25. The standard InChI is InChI=1S/C16H24N4O2S/c1-11-15(23-10-18-11)16(22)19-7-5-13-12(9-19)3-4-14(21)20(13)8-6-17-2/h10,12-13,17H,3-9H2,1-2H3. The quantitative estimate of drug-likeness (QED) is 0.895. The molecule has 2 unspecified atom stereocenters. The minimum Gasteiger partial charge on any atom is -0.338 e. The van der Waals surface area contributed by atoms with Crippen LogP contribution in [-0.4, -0.2) is 65.9 Å². The molecule has 1 aromatic heterocycles. The first-order chi connectivity index (χ1) is 11.1. The van der Waals surface area contributed by atoms with Gasteiger partial charge < -0.3 is 15.1 Å². The number of hydrogen-bond donors (Lipinski definition) is 1. The van der Waals surface area contributed by atoms with Gasteiger partial charge in [-0.2, -0.15) is 0 Å². The van der Waals surface area contributed by atoms with Crippen molar-refractivity contribution in [3.63, 3.8) is 0 Å². The van der Waals surface area contributed by atoms with Gasteiger partial charge in [0.05, 0.1) is 11.2 Å². The van der Waals surface area contributed by atoms with E-state index in [0.717, 1.165) is 49.6 Å². The number of rotatable bonds is 4. The van der Waals surface area contributed by atoms with Crippen LogP contribution in [-0.2, 0) is 4.79 Å². The SMILES string of the molecule is CNCCN1C(=O)CCC2CN(C(=O)c3scnc3C)CCC21. The number of piperidine rings is 2. The lowest BCUT2D eigenvalue weighted by Crippen LogP contribution is -2.57. The molecule has 3 rings (SSSR count). The van der Waals surface area contributed by atoms with Gasteiger partial charge in [0.15, 0.2) is 0 Å². The summed E-state index contributed by atoms with van der Waals surface area (Å²) in [7, 11) is 1.91. The molecule has 0 saturated carbocycles. The van der Waals surface area contributed by atoms with E-state index in [-0.39, 0.29) is 17.9 Å². The number of likely N-dealkylation sites (tertiary alicyclic amines) is 2. The lowest BCUT2D eigenvalue weighted by atomic mass is 9.83. The molecule has 2 amide bonds. The molecule has 2 atom stereocenters. The van der Waals surface area contributed by atoms with Gasteiger partial charge in [-0.25, -0.2) is 4.98 Å². The summed E-state index contributed by atoms with van der Waals surface area (Å²) in [5.74, 6) is 0.761. The average molecular weight is 336 g/mol. The molecule has 23 heavy (non-hydrogen) atoms. The van der Waals surface area contributed by atoms with Gasteiger partial charge in [0.2, 0.25) is 5.91 Å². The lowest BCUT2D eigenvalue weighted by molar-refractivity contribution is -0.140. The van der Waals surface area contributed by atoms with E-state index >= 15 is 0 Å². The third-order valence-electron chi connectivity index (χ3n) is 4.97. The first kappa shape index (κ1) is 16.4. The van der Waals surface area contributed by atoms with Gasteiger partial charge >= 0.3 is 0 Å². The summed E-state index contributed by atoms with van der Waals surface area (Å²) in [4.78, 5) is 33.8. The van der Waals surface area contributed by atoms with Gasteiger partial charge in [-0.15, -0.1) is 11.3 Å². The van der Waals surface area contributed by atoms with Gasteiger partial charge in [-0.05, 0) is 32.7 Å². The number of fused-ring (bicyclic) bond motifs is 1. The number of aryl methyl sites for hydroxylation is 1. The predicted octanol–water partition coefficient (Wildman–Crippen LogP) is 1.12. The summed E-state index contributed by atoms with van der Waals surface area (Å²) < 4.78 is 0. The molecular formula is C16H24N4O2S. The molecule has 2 fully saturated rings. The van der Waals surface area contributed by atoms with Gasteiger partial charge in [0.25, 0.3) is 5.91 Å². The molecule has 0 aliphatic carbocycles. The third-order valence-corrected chi connectivity index (χ3v) is 5.89. The van der Waals surface area contributed by atoms with Crippen LogP contribution < -0.4 is 5.32 Å². The molecule has 3 heterocycles. The van der Waals surface area contributed by atoms with E-state index in [1.165, 1.54) is 11.3 Å². The van der Waals surface area contributed by atoms with Gasteiger partial charge in [0, 0.05) is 38.6 Å². The monoisotopic (exact) mass is 336 g/mol. The van der Waals surface area contributed by atoms with Crippen molar-refractivity contribution < 1.29 is 9.59 Å². The van der Waals surface area contributed by atoms with E-state index in [4.69, 9.17) is 0 Å². The molecule has 126 valence electrons. The fraction of sp³-hybridized carbons (Fsp3) is 0.688. The highest BCUT2D eigenvalue weighted by Gasteiger charge is 2.40. The summed E-state index contributed by atoms with van der Waals surface area (Å²) in [6.45, 7) is 4.94. The number of nitrogens with one attached hydrogen (secondary N) is 1. The van der Waals surface area contributed by atoms with Crippen LogP contribution in [0.25, 0.3) is 0 Å². The van der Waals surface area contributed by atoms with Crippen LogP contribution in [0.5, 0.6) is 0 Å². The van der Waals surface area contributed by atoms with Crippen molar-refractivity contribution >= 4 is 23.2 Å². The second-order valence-corrected chi connectivity index (χ2v) is 7.22. The molecule has 1 aromatic rings. The zero-order valence-electron chi connectivity index (χ0n) is 13.7. The highest BCUT2D eigenvalue weighted by atomic mass is 32.1. The number of carbonyl (C=O) groups excluding carboxylic acids is 2. The van der Waals surface area contributed by atoms with Crippen LogP contribution in [0.3, 0.4) is 0 Å². The normalized spacial score (nSPS) is 24.7. The Labute approximate surface area is 140 Å². The van der Waals surface area contributed by atoms with Crippen molar-refractivity contribution in [1.29, 1.82) is 0 Å². The highest BCUT2D eigenvalue weighted by Crippen LogP contribution is 2.32. The Morgan fingerprint density at radius 2 is 2.30 bits per heavy atom. The Bertz CT molecular complexity index is 588. The van der Waals surface area contributed by atoms with Gasteiger partial charge in [-0.1, -0.05) is 0 Å². The fourth-order valence-corrected chi connectivity index (χ4v) is 4.48. The molecule has 1 N–H and O–H groups in total. The zero-order chi connectivity index (χ0) is 16.4. The minimum atomic E-state index is 0.0992. The van der Waals surface area contributed by atoms with Crippen LogP contribution in [0.15, 0.2) is 5.51 Å². The molecule has 7 heteroatoms. The Hall–Kier alpha value is -1.47. The highest BCUT2D eigenvalue weighted by molar-refractivity contribution is 7.11. The molecule has 0 spiro atoms. The van der Waals surface area contributed by atoms with E-state index in [2.05, 4.69) is 10.3 Å². The maximum absolute atomic E-state index is 12.7. The summed E-state index contributed by atoms with van der Waals surface area (Å²) in [6.07, 6.45) is 2.38. The molecule has 2 aliphatic heterocycles. The molecule has 2 aliphatic rings. The lowest BCUT2D eigenvalue weighted by Gasteiger charge is -2.47. The first-order valence-corrected chi connectivity index (χ1v) is 9.13. The second kappa shape index (κ2) is 6.97. The van der Waals surface area contributed by atoms with E-state index in [1.807, 2.05) is 23.8 Å². The summed E-state index contributed by atoms with van der Waals surface area (Å²) >= 11 is 1.42. The van der Waals surface area contributed by atoms with Crippen molar-refractivity contribution in [1.82, 2.24) is 20.1 Å². The summed E-state index contributed by atoms with van der Waals surface area (Å²) in [5, 5.41) is 3.12. The zero-order valence-corrected chi connectivity index (χ0v) is 14.6. The molecule has 6 nitrogen and oxygen atoms in total. The fourth-order valence-electron chi connectivity index (χ4n) is 3.71. The van der Waals surface area contributed by atoms with E-state index in [1.54, 1.807) is 5.51 Å². The average Bonchev–Trinajstić information content (AvgIpc) is 2.99. The maximum Gasteiger partial charge on any atom is 0.265 e. The number of thiazole rings is 1. The van der Waals surface area contributed by atoms with Crippen LogP contribution in [0, 0.1) is 12.8 Å². The van der Waals surface area contributed by atoms with Crippen LogP contribution in [0.4, 0.5) is 0 Å². The molecule has 0 aromatic carbocycles. The second-order valence-electron chi connectivity index (χ2n) is 6.36. The van der Waals surface area contributed by atoms with Crippen molar-refractivity contribution in [3.8, 4) is 0 Å². The number of likely N-dealkylation sites (N-methyl/N-ethyl adjacent to an activating group) is 1. The maximum atomic E-state index is 12.7. The van der Waals surface area contributed by atoms with Crippen molar-refractivity contribution in [2.24, 2.45) is 5.92 Å². The van der Waals surface area contributed by atoms with E-state index < -0.39 is 0 Å². The minimum absolute atomic E-state index is 0.0992. The van der Waals surface area contributed by atoms with Crippen molar-refractivity contribution in [2.75, 3.05) is 33.2 Å². The van der Waals surface area contributed by atoms with Gasteiger partial charge in [0.1, 0.15) is 4.88 Å². The Kier molecular flexibility index (Phi) is 4.96. The topological polar surface area (TPSA) is 65.5 Å². The number of carbonyl (C=O) groups is 2. The van der Waals surface area contributed by atoms with E-state index in [9.17, 15) is 9.59 Å². The molecule has 0 radical (unpaired) electrons. The van der Waals surface area contributed by atoms with Crippen molar-refractivity contribution in [2.45, 2.75) is 32.2 Å². The predicted molar refractivity (Wildman–Crippen MR) is 89.5 cm³/mol. The third kappa shape index (κ3) is 3.26. The summed E-state index contributed by atoms with van der Waals surface area (Å²) in [6, 6.07) is 0.288. The molecular weight excluding hydrogens is 312 g/mol. The van der Waals surface area contributed by atoms with Crippen molar-refractivity contribution in [3.05, 3.63) is 16.1 Å². The number of hydrogen-bond acceptors (Lipinski definition) is 5. The van der Waals surface area contributed by atoms with Crippen LogP contribution in [0.2, 0.25) is 0 Å². The van der Waals surface area contributed by atoms with Crippen LogP contribution >= 0.6 is 11.3 Å². The van der Waals surface area contributed by atoms with E-state index in [0.29, 0.717) is 12.3 Å². The Morgan fingerprint density at radius 1 is 1.48 bits per heavy atom. The summed E-state index contributed by atoms with van der Waals surface area (Å²) in [5.41, 5.74) is 2.55. The Morgan fingerprint density at radius 3 is 3.00 bits per heavy atom.